The molecule has 2 aromatic carbocycles. The van der Waals surface area contributed by atoms with Gasteiger partial charge in [-0.05, 0) is 55.3 Å². The lowest BCUT2D eigenvalue weighted by Gasteiger charge is -2.27. The first kappa shape index (κ1) is 27.4. The van der Waals surface area contributed by atoms with Crippen LogP contribution < -0.4 is 9.64 Å². The summed E-state index contributed by atoms with van der Waals surface area (Å²) in [6.45, 7) is 5.30. The van der Waals surface area contributed by atoms with Crippen molar-refractivity contribution >= 4 is 29.2 Å². The van der Waals surface area contributed by atoms with Crippen LogP contribution in [-0.4, -0.2) is 78.2 Å². The van der Waals surface area contributed by atoms with Crippen LogP contribution in [0.3, 0.4) is 0 Å². The summed E-state index contributed by atoms with van der Waals surface area (Å²) in [5.41, 5.74) is 2.12. The lowest BCUT2D eigenvalue weighted by atomic mass is 10.1. The average molecular weight is 536 g/mol. The second-order valence-corrected chi connectivity index (χ2v) is 9.69. The molecule has 1 aliphatic rings. The van der Waals surface area contributed by atoms with Crippen LogP contribution in [0.5, 0.6) is 5.75 Å². The molecule has 0 N–H and O–H groups in total. The molecule has 0 saturated carbocycles. The van der Waals surface area contributed by atoms with Crippen LogP contribution in [0, 0.1) is 0 Å². The highest BCUT2D eigenvalue weighted by Crippen LogP contribution is 2.26. The van der Waals surface area contributed by atoms with E-state index in [1.807, 2.05) is 41.3 Å². The van der Waals surface area contributed by atoms with Crippen molar-refractivity contribution in [3.8, 4) is 17.0 Å². The van der Waals surface area contributed by atoms with E-state index in [9.17, 15) is 9.59 Å². The van der Waals surface area contributed by atoms with Gasteiger partial charge >= 0.3 is 0 Å². The maximum atomic E-state index is 13.3. The number of carbonyl (C=O) groups is 2. The lowest BCUT2D eigenvalue weighted by Crippen LogP contribution is -2.44. The number of benzene rings is 2. The second-order valence-electron chi connectivity index (χ2n) is 9.29. The highest BCUT2D eigenvalue weighted by molar-refractivity contribution is 6.33. The minimum absolute atomic E-state index is 0.0371. The maximum Gasteiger partial charge on any atom is 0.254 e. The van der Waals surface area contributed by atoms with Gasteiger partial charge < -0.3 is 19.4 Å². The Morgan fingerprint density at radius 3 is 2.45 bits per heavy atom. The fraction of sp³-hybridized carbons (Fsp3) is 0.379. The van der Waals surface area contributed by atoms with Gasteiger partial charge in [0.2, 0.25) is 5.91 Å². The molecule has 0 unspecified atom stereocenters. The fourth-order valence-electron chi connectivity index (χ4n) is 4.48. The Morgan fingerprint density at radius 2 is 1.76 bits per heavy atom. The van der Waals surface area contributed by atoms with Gasteiger partial charge in [-0.3, -0.25) is 9.59 Å². The van der Waals surface area contributed by atoms with Crippen LogP contribution >= 0.6 is 11.6 Å². The lowest BCUT2D eigenvalue weighted by molar-refractivity contribution is -0.131. The van der Waals surface area contributed by atoms with E-state index >= 15 is 0 Å². The Balaban J connectivity index is 1.38. The summed E-state index contributed by atoms with van der Waals surface area (Å²) in [5, 5.41) is 9.46. The normalized spacial score (nSPS) is 13.7. The number of nitrogens with zero attached hydrogens (tertiary/aromatic N) is 5. The number of rotatable bonds is 9. The zero-order valence-electron chi connectivity index (χ0n) is 22.0. The number of ether oxygens (including phenoxy) is 1. The molecule has 8 nitrogen and oxygen atoms in total. The van der Waals surface area contributed by atoms with Crippen LogP contribution in [0.25, 0.3) is 11.3 Å². The smallest absolute Gasteiger partial charge is 0.254 e. The van der Waals surface area contributed by atoms with Gasteiger partial charge in [-0.2, -0.15) is 0 Å². The number of halogens is 1. The minimum atomic E-state index is -0.139. The zero-order chi connectivity index (χ0) is 26.9. The van der Waals surface area contributed by atoms with Crippen molar-refractivity contribution in [1.82, 2.24) is 20.0 Å². The van der Waals surface area contributed by atoms with Gasteiger partial charge in [-0.25, -0.2) is 0 Å². The molecule has 0 aliphatic carbocycles. The quantitative estimate of drug-likeness (QED) is 0.392. The SMILES string of the molecule is CCCCN(CC(=O)N1CCCN(c2ccc(-c3ccccc3Cl)nn2)CC1)C(=O)c1ccc(OC)cc1. The van der Waals surface area contributed by atoms with E-state index in [2.05, 4.69) is 22.0 Å². The van der Waals surface area contributed by atoms with Gasteiger partial charge in [0.15, 0.2) is 5.82 Å². The molecular weight excluding hydrogens is 502 g/mol. The van der Waals surface area contributed by atoms with E-state index in [4.69, 9.17) is 16.3 Å². The van der Waals surface area contributed by atoms with Gasteiger partial charge in [0.1, 0.15) is 12.3 Å². The number of hydrogen-bond acceptors (Lipinski definition) is 6. The van der Waals surface area contributed by atoms with Crippen LogP contribution in [-0.2, 0) is 4.79 Å². The number of methoxy groups -OCH3 is 1. The Kier molecular flexibility index (Phi) is 9.54. The van der Waals surface area contributed by atoms with Gasteiger partial charge in [0.05, 0.1) is 17.8 Å². The Bertz CT molecular complexity index is 1220. The summed E-state index contributed by atoms with van der Waals surface area (Å²) >= 11 is 6.30. The molecule has 2 amide bonds. The van der Waals surface area contributed by atoms with E-state index in [-0.39, 0.29) is 18.4 Å². The van der Waals surface area contributed by atoms with Crippen LogP contribution in [0.4, 0.5) is 5.82 Å². The molecule has 1 aromatic heterocycles. The molecule has 0 spiro atoms. The number of aromatic nitrogens is 2. The molecule has 38 heavy (non-hydrogen) atoms. The molecule has 9 heteroatoms. The predicted molar refractivity (Wildman–Crippen MR) is 150 cm³/mol. The number of hydrogen-bond donors (Lipinski definition) is 0. The Morgan fingerprint density at radius 1 is 0.974 bits per heavy atom. The third kappa shape index (κ3) is 6.81. The summed E-state index contributed by atoms with van der Waals surface area (Å²) < 4.78 is 5.20. The van der Waals surface area contributed by atoms with Crippen molar-refractivity contribution in [2.75, 3.05) is 51.3 Å². The molecule has 3 aromatic rings. The average Bonchev–Trinajstić information content (AvgIpc) is 3.22. The van der Waals surface area contributed by atoms with Crippen LogP contribution in [0.15, 0.2) is 60.7 Å². The zero-order valence-corrected chi connectivity index (χ0v) is 22.7. The van der Waals surface area contributed by atoms with E-state index in [1.165, 1.54) is 0 Å². The minimum Gasteiger partial charge on any atom is -0.497 e. The molecule has 1 aliphatic heterocycles. The van der Waals surface area contributed by atoms with Crippen molar-refractivity contribution < 1.29 is 14.3 Å². The van der Waals surface area contributed by atoms with Gasteiger partial charge in [-0.1, -0.05) is 43.1 Å². The number of carbonyl (C=O) groups excluding carboxylic acids is 2. The molecule has 1 fully saturated rings. The van der Waals surface area contributed by atoms with Crippen molar-refractivity contribution in [3.05, 3.63) is 71.2 Å². The number of unbranched alkanes of at least 4 members (excludes halogenated alkanes) is 1. The summed E-state index contributed by atoms with van der Waals surface area (Å²) in [6, 6.07) is 18.4. The van der Waals surface area contributed by atoms with Crippen molar-refractivity contribution in [2.24, 2.45) is 0 Å². The molecule has 0 radical (unpaired) electrons. The van der Waals surface area contributed by atoms with Crippen molar-refractivity contribution in [3.63, 3.8) is 0 Å². The summed E-state index contributed by atoms with van der Waals surface area (Å²) in [4.78, 5) is 32.2. The standard InChI is InChI=1S/C29H34ClN5O3/c1-3-4-16-35(29(37)22-10-12-23(38-2)13-11-22)21-28(36)34-18-7-17-33(19-20-34)27-15-14-26(31-32-27)24-8-5-6-9-25(24)30/h5-6,8-15H,3-4,7,16-21H2,1-2H3. The first-order valence-electron chi connectivity index (χ1n) is 13.0. The summed E-state index contributed by atoms with van der Waals surface area (Å²) in [7, 11) is 1.59. The predicted octanol–water partition coefficient (Wildman–Crippen LogP) is 4.79. The molecule has 4 rings (SSSR count). The Labute approximate surface area is 229 Å². The monoisotopic (exact) mass is 535 g/mol. The van der Waals surface area contributed by atoms with Crippen LogP contribution in [0.2, 0.25) is 5.02 Å². The van der Waals surface area contributed by atoms with Gasteiger partial charge in [0.25, 0.3) is 5.91 Å². The molecule has 0 bridgehead atoms. The fourth-order valence-corrected chi connectivity index (χ4v) is 4.72. The summed E-state index contributed by atoms with van der Waals surface area (Å²) in [6.07, 6.45) is 2.59. The van der Waals surface area contributed by atoms with Gasteiger partial charge in [0, 0.05) is 43.9 Å². The third-order valence-corrected chi connectivity index (χ3v) is 7.03. The molecule has 0 atom stereocenters. The van der Waals surface area contributed by atoms with Crippen LogP contribution in [0.1, 0.15) is 36.5 Å². The van der Waals surface area contributed by atoms with Crippen molar-refractivity contribution in [1.29, 1.82) is 0 Å². The second kappa shape index (κ2) is 13.2. The number of anilines is 1. The summed E-state index contributed by atoms with van der Waals surface area (Å²) in [5.74, 6) is 1.29. The van der Waals surface area contributed by atoms with E-state index in [1.54, 1.807) is 36.3 Å². The van der Waals surface area contributed by atoms with E-state index in [0.717, 1.165) is 42.9 Å². The number of amides is 2. The highest BCUT2D eigenvalue weighted by Gasteiger charge is 2.24. The molecule has 2 heterocycles. The topological polar surface area (TPSA) is 78.9 Å². The first-order valence-corrected chi connectivity index (χ1v) is 13.4. The highest BCUT2D eigenvalue weighted by atomic mass is 35.5. The van der Waals surface area contributed by atoms with E-state index < -0.39 is 0 Å². The maximum absolute atomic E-state index is 13.3. The van der Waals surface area contributed by atoms with E-state index in [0.29, 0.717) is 42.5 Å². The first-order chi connectivity index (χ1) is 18.5. The van der Waals surface area contributed by atoms with Crippen molar-refractivity contribution in [2.45, 2.75) is 26.2 Å². The molecular formula is C29H34ClN5O3. The third-order valence-electron chi connectivity index (χ3n) is 6.70. The van der Waals surface area contributed by atoms with Gasteiger partial charge in [-0.15, -0.1) is 10.2 Å². The molecule has 200 valence electrons. The largest absolute Gasteiger partial charge is 0.497 e. The Hall–Kier alpha value is -3.65. The molecule has 1 saturated heterocycles.